The SMILES string of the molecule is CC/C=C/C/C=C/C/C=C/C/C=C/CCCCC(=O)OC[C@@H](COP(=O)(O)OC1C(O)C(O)C(O)[C@H](O)C1O)OC(=O)CCCCCCCCCCCCCCC. The minimum Gasteiger partial charge on any atom is -0.462 e. The number of hydrogen-bond acceptors (Lipinski definition) is 12. The minimum absolute atomic E-state index is 0.0886. The van der Waals surface area contributed by atoms with Crippen molar-refractivity contribution >= 4 is 19.8 Å². The molecule has 0 bridgehead atoms. The summed E-state index contributed by atoms with van der Waals surface area (Å²) < 4.78 is 33.4. The number of aliphatic hydroxyl groups excluding tert-OH is 5. The van der Waals surface area contributed by atoms with Gasteiger partial charge in [0, 0.05) is 12.8 Å². The van der Waals surface area contributed by atoms with Crippen molar-refractivity contribution in [2.45, 2.75) is 198 Å². The summed E-state index contributed by atoms with van der Waals surface area (Å²) in [6.07, 6.45) is 24.6. The van der Waals surface area contributed by atoms with Gasteiger partial charge >= 0.3 is 19.8 Å². The van der Waals surface area contributed by atoms with Crippen LogP contribution in [0.25, 0.3) is 0 Å². The number of allylic oxidation sites excluding steroid dienone is 8. The molecule has 1 fully saturated rings. The van der Waals surface area contributed by atoms with Crippen LogP contribution in [-0.4, -0.2) is 98.3 Å². The first-order valence-corrected chi connectivity index (χ1v) is 22.9. The van der Waals surface area contributed by atoms with Crippen molar-refractivity contribution in [3.05, 3.63) is 48.6 Å². The highest BCUT2D eigenvalue weighted by molar-refractivity contribution is 7.47. The van der Waals surface area contributed by atoms with E-state index < -0.39 is 75.7 Å². The van der Waals surface area contributed by atoms with Crippen LogP contribution in [0.4, 0.5) is 0 Å². The van der Waals surface area contributed by atoms with Gasteiger partial charge in [-0.2, -0.15) is 0 Å². The predicted molar refractivity (Wildman–Crippen MR) is 221 cm³/mol. The van der Waals surface area contributed by atoms with Crippen molar-refractivity contribution in [3.8, 4) is 0 Å². The smallest absolute Gasteiger partial charge is 0.462 e. The average molecular weight is 831 g/mol. The number of aliphatic hydroxyl groups is 5. The summed E-state index contributed by atoms with van der Waals surface area (Å²) in [6, 6.07) is 0. The molecule has 8 atom stereocenters. The Labute approximate surface area is 341 Å². The number of ether oxygens (including phenoxy) is 2. The summed E-state index contributed by atoms with van der Waals surface area (Å²) in [5.41, 5.74) is 0. The quantitative estimate of drug-likeness (QED) is 0.0160. The molecule has 1 aliphatic carbocycles. The zero-order valence-electron chi connectivity index (χ0n) is 34.6. The Morgan fingerprint density at radius 1 is 0.561 bits per heavy atom. The normalized spacial score (nSPS) is 23.2. The number of carbonyl (C=O) groups excluding carboxylic acids is 2. The second kappa shape index (κ2) is 33.6. The molecule has 0 aromatic rings. The van der Waals surface area contributed by atoms with E-state index in [2.05, 4.69) is 62.5 Å². The fraction of sp³-hybridized carbons (Fsp3) is 0.767. The molecule has 0 amide bonds. The largest absolute Gasteiger partial charge is 0.472 e. The molecule has 0 radical (unpaired) electrons. The van der Waals surface area contributed by atoms with Crippen LogP contribution in [0, 0.1) is 0 Å². The molecule has 14 heteroatoms. The Kier molecular flexibility index (Phi) is 31.2. The van der Waals surface area contributed by atoms with E-state index in [0.29, 0.717) is 12.8 Å². The topological polar surface area (TPSA) is 210 Å². The molecule has 330 valence electrons. The Morgan fingerprint density at radius 3 is 1.53 bits per heavy atom. The van der Waals surface area contributed by atoms with Gasteiger partial charge in [0.25, 0.3) is 0 Å². The lowest BCUT2D eigenvalue weighted by atomic mass is 9.85. The summed E-state index contributed by atoms with van der Waals surface area (Å²) >= 11 is 0. The Morgan fingerprint density at radius 2 is 1.00 bits per heavy atom. The van der Waals surface area contributed by atoms with E-state index in [1.165, 1.54) is 51.4 Å². The lowest BCUT2D eigenvalue weighted by molar-refractivity contribution is -0.220. The van der Waals surface area contributed by atoms with Gasteiger partial charge in [-0.15, -0.1) is 0 Å². The van der Waals surface area contributed by atoms with Crippen molar-refractivity contribution in [2.24, 2.45) is 0 Å². The van der Waals surface area contributed by atoms with E-state index >= 15 is 0 Å². The molecule has 57 heavy (non-hydrogen) atoms. The van der Waals surface area contributed by atoms with Crippen molar-refractivity contribution in [2.75, 3.05) is 13.2 Å². The summed E-state index contributed by atoms with van der Waals surface area (Å²) in [5, 5.41) is 50.0. The van der Waals surface area contributed by atoms with Crippen molar-refractivity contribution < 1.29 is 63.1 Å². The summed E-state index contributed by atoms with van der Waals surface area (Å²) in [4.78, 5) is 35.6. The molecule has 1 aliphatic rings. The van der Waals surface area contributed by atoms with E-state index in [1.54, 1.807) is 0 Å². The Balaban J connectivity index is 2.53. The summed E-state index contributed by atoms with van der Waals surface area (Å²) in [6.45, 7) is 3.13. The molecule has 0 aliphatic heterocycles. The highest BCUT2D eigenvalue weighted by atomic mass is 31.2. The number of unbranched alkanes of at least 4 members (excludes halogenated alkanes) is 14. The number of carbonyl (C=O) groups is 2. The summed E-state index contributed by atoms with van der Waals surface area (Å²) in [5.74, 6) is -1.15. The van der Waals surface area contributed by atoms with Gasteiger partial charge in [0.2, 0.25) is 0 Å². The number of rotatable bonds is 34. The van der Waals surface area contributed by atoms with Crippen LogP contribution in [0.2, 0.25) is 0 Å². The first-order chi connectivity index (χ1) is 27.4. The van der Waals surface area contributed by atoms with Crippen LogP contribution in [0.5, 0.6) is 0 Å². The van der Waals surface area contributed by atoms with E-state index in [-0.39, 0.29) is 12.8 Å². The van der Waals surface area contributed by atoms with Crippen molar-refractivity contribution in [1.82, 2.24) is 0 Å². The second-order valence-electron chi connectivity index (χ2n) is 14.8. The number of phosphoric ester groups is 1. The molecule has 1 saturated carbocycles. The molecule has 0 aromatic heterocycles. The number of phosphoric acid groups is 1. The van der Waals surface area contributed by atoms with Crippen LogP contribution in [0.15, 0.2) is 48.6 Å². The fourth-order valence-corrected chi connectivity index (χ4v) is 7.19. The maximum atomic E-state index is 12.8. The maximum absolute atomic E-state index is 12.8. The number of esters is 2. The van der Waals surface area contributed by atoms with Gasteiger partial charge in [0.1, 0.15) is 43.2 Å². The fourth-order valence-electron chi connectivity index (χ4n) is 6.22. The molecule has 0 aromatic carbocycles. The van der Waals surface area contributed by atoms with Gasteiger partial charge in [-0.1, -0.05) is 140 Å². The van der Waals surface area contributed by atoms with E-state index in [9.17, 15) is 44.6 Å². The predicted octanol–water partition coefficient (Wildman–Crippen LogP) is 7.61. The lowest BCUT2D eigenvalue weighted by Gasteiger charge is -2.41. The monoisotopic (exact) mass is 830 g/mol. The van der Waals surface area contributed by atoms with Crippen LogP contribution in [0.3, 0.4) is 0 Å². The first kappa shape index (κ1) is 52.8. The third-order valence-corrected chi connectivity index (χ3v) is 10.7. The minimum atomic E-state index is -5.12. The van der Waals surface area contributed by atoms with Crippen LogP contribution in [-0.2, 0) is 32.7 Å². The van der Waals surface area contributed by atoms with E-state index in [0.717, 1.165) is 64.2 Å². The maximum Gasteiger partial charge on any atom is 0.472 e. The van der Waals surface area contributed by atoms with Crippen LogP contribution >= 0.6 is 7.82 Å². The third kappa shape index (κ3) is 26.5. The standard InChI is InChI=1S/C43H75O13P/c1-3-5-7-9-11-13-15-17-18-20-21-23-25-27-29-31-36(44)53-33-35(34-54-57(51,52)56-43-41(49)39(47)38(46)40(48)42(43)50)55-37(45)32-30-28-26-24-22-19-16-14-12-10-8-6-4-2/h5,7,11,13,17-18,21,23,35,38-43,46-50H,3-4,6,8-10,12,14-16,19-20,22,24-34H2,1-2H3,(H,51,52)/b7-5+,13-11+,18-17+,23-21+/t35-,38?,39-,40?,41?,42?,43?/m0/s1. The van der Waals surface area contributed by atoms with Crippen LogP contribution in [0.1, 0.15) is 155 Å². The lowest BCUT2D eigenvalue weighted by Crippen LogP contribution is -2.64. The molecule has 0 heterocycles. The average Bonchev–Trinajstić information content (AvgIpc) is 3.19. The molecular formula is C43H75O13P. The van der Waals surface area contributed by atoms with Gasteiger partial charge in [-0.3, -0.25) is 18.6 Å². The molecule has 6 N–H and O–H groups in total. The van der Waals surface area contributed by atoms with Gasteiger partial charge < -0.3 is 39.9 Å². The highest BCUT2D eigenvalue weighted by Crippen LogP contribution is 2.47. The molecule has 0 saturated heterocycles. The highest BCUT2D eigenvalue weighted by Gasteiger charge is 2.51. The Hall–Kier alpha value is -2.19. The molecular weight excluding hydrogens is 755 g/mol. The first-order valence-electron chi connectivity index (χ1n) is 21.4. The van der Waals surface area contributed by atoms with Gasteiger partial charge in [0.15, 0.2) is 6.10 Å². The Bertz CT molecular complexity index is 1190. The van der Waals surface area contributed by atoms with E-state index in [4.69, 9.17) is 18.5 Å². The van der Waals surface area contributed by atoms with Crippen LogP contribution < -0.4 is 0 Å². The molecule has 6 unspecified atom stereocenters. The van der Waals surface area contributed by atoms with Gasteiger partial charge in [0.05, 0.1) is 6.61 Å². The van der Waals surface area contributed by atoms with Gasteiger partial charge in [-0.25, -0.2) is 4.57 Å². The second-order valence-corrected chi connectivity index (χ2v) is 16.2. The van der Waals surface area contributed by atoms with E-state index in [1.807, 2.05) is 0 Å². The van der Waals surface area contributed by atoms with Crippen molar-refractivity contribution in [3.63, 3.8) is 0 Å². The zero-order chi connectivity index (χ0) is 42.2. The number of hydrogen-bond donors (Lipinski definition) is 6. The van der Waals surface area contributed by atoms with Gasteiger partial charge in [-0.05, 0) is 51.4 Å². The summed E-state index contributed by atoms with van der Waals surface area (Å²) in [7, 11) is -5.12. The molecule has 1 rings (SSSR count). The molecule has 13 nitrogen and oxygen atoms in total. The zero-order valence-corrected chi connectivity index (χ0v) is 35.5. The third-order valence-electron chi connectivity index (χ3n) is 9.68. The van der Waals surface area contributed by atoms with Crippen molar-refractivity contribution in [1.29, 1.82) is 0 Å². The molecule has 0 spiro atoms.